The van der Waals surface area contributed by atoms with Gasteiger partial charge in [-0.05, 0) is 54.4 Å². The highest BCUT2D eigenvalue weighted by Gasteiger charge is 2.17. The summed E-state index contributed by atoms with van der Waals surface area (Å²) in [6.45, 7) is 6.67. The molecule has 0 aliphatic carbocycles. The van der Waals surface area contributed by atoms with Gasteiger partial charge in [-0.3, -0.25) is 8.89 Å². The minimum absolute atomic E-state index is 0.430. The van der Waals surface area contributed by atoms with E-state index in [2.05, 4.69) is 21.0 Å². The first-order chi connectivity index (χ1) is 9.43. The molecule has 20 heavy (non-hydrogen) atoms. The van der Waals surface area contributed by atoms with Gasteiger partial charge in [-0.15, -0.1) is 0 Å². The summed E-state index contributed by atoms with van der Waals surface area (Å²) in [5.74, 6) is 0.430. The third kappa shape index (κ3) is 2.96. The van der Waals surface area contributed by atoms with Gasteiger partial charge in [-0.2, -0.15) is 5.10 Å². The summed E-state index contributed by atoms with van der Waals surface area (Å²) in [5.41, 5.74) is 9.30. The molecule has 0 saturated carbocycles. The van der Waals surface area contributed by atoms with Crippen molar-refractivity contribution in [1.82, 2.24) is 9.78 Å². The average molecular weight is 356 g/mol. The van der Waals surface area contributed by atoms with Crippen LogP contribution >= 0.6 is 15.9 Å². The largest absolute Gasteiger partial charge is 0.399 e. The minimum Gasteiger partial charge on any atom is -0.399 e. The molecule has 6 heteroatoms. The van der Waals surface area contributed by atoms with Gasteiger partial charge in [0.25, 0.3) is 0 Å². The summed E-state index contributed by atoms with van der Waals surface area (Å²) in [4.78, 5) is 0.790. The van der Waals surface area contributed by atoms with Crippen LogP contribution in [0.1, 0.15) is 23.9 Å². The molecule has 0 aliphatic heterocycles. The highest BCUT2D eigenvalue weighted by Crippen LogP contribution is 2.25. The van der Waals surface area contributed by atoms with Crippen molar-refractivity contribution < 1.29 is 4.21 Å². The monoisotopic (exact) mass is 355 g/mol. The van der Waals surface area contributed by atoms with E-state index in [1.54, 1.807) is 6.07 Å². The Morgan fingerprint density at radius 2 is 2.10 bits per heavy atom. The van der Waals surface area contributed by atoms with Crippen LogP contribution in [0.25, 0.3) is 0 Å². The molecule has 0 aliphatic rings. The van der Waals surface area contributed by atoms with Gasteiger partial charge < -0.3 is 5.73 Å². The van der Waals surface area contributed by atoms with Crippen LogP contribution in [0.3, 0.4) is 0 Å². The van der Waals surface area contributed by atoms with Crippen LogP contribution < -0.4 is 5.73 Å². The fourth-order valence-corrected chi connectivity index (χ4v) is 4.07. The van der Waals surface area contributed by atoms with Crippen LogP contribution in [0.5, 0.6) is 0 Å². The van der Waals surface area contributed by atoms with Gasteiger partial charge >= 0.3 is 0 Å². The lowest BCUT2D eigenvalue weighted by Crippen LogP contribution is -2.07. The van der Waals surface area contributed by atoms with E-state index < -0.39 is 10.8 Å². The standard InChI is InChI=1S/C14H18BrN3OS/c1-4-18-12(14(15)10(3)17-18)8-20(19)13-7-11(16)6-5-9(13)2/h5-7H,4,8,16H2,1-3H3. The van der Waals surface area contributed by atoms with Crippen molar-refractivity contribution in [3.8, 4) is 0 Å². The Morgan fingerprint density at radius 1 is 1.40 bits per heavy atom. The normalized spacial score (nSPS) is 12.6. The summed E-state index contributed by atoms with van der Waals surface area (Å²) in [5, 5.41) is 4.43. The zero-order valence-corrected chi connectivity index (χ0v) is 14.2. The molecule has 2 rings (SSSR count). The minimum atomic E-state index is -1.14. The summed E-state index contributed by atoms with van der Waals surface area (Å²) >= 11 is 3.53. The molecule has 0 bridgehead atoms. The molecule has 1 aromatic carbocycles. The molecule has 1 aromatic heterocycles. The molecule has 0 saturated heterocycles. The van der Waals surface area contributed by atoms with E-state index in [-0.39, 0.29) is 0 Å². The second kappa shape index (κ2) is 6.10. The fraction of sp³-hybridized carbons (Fsp3) is 0.357. The molecule has 0 spiro atoms. The van der Waals surface area contributed by atoms with Crippen LogP contribution in [0.2, 0.25) is 0 Å². The first-order valence-electron chi connectivity index (χ1n) is 6.40. The van der Waals surface area contributed by atoms with Gasteiger partial charge in [0, 0.05) is 17.1 Å². The van der Waals surface area contributed by atoms with Gasteiger partial charge in [0.15, 0.2) is 0 Å². The molecular formula is C14H18BrN3OS. The number of hydrogen-bond acceptors (Lipinski definition) is 3. The van der Waals surface area contributed by atoms with E-state index in [1.165, 1.54) is 0 Å². The third-order valence-electron chi connectivity index (χ3n) is 3.18. The van der Waals surface area contributed by atoms with Crippen molar-refractivity contribution in [3.05, 3.63) is 39.6 Å². The van der Waals surface area contributed by atoms with E-state index in [4.69, 9.17) is 5.73 Å². The second-order valence-corrected chi connectivity index (χ2v) is 6.89. The van der Waals surface area contributed by atoms with Crippen LogP contribution in [-0.2, 0) is 23.1 Å². The van der Waals surface area contributed by atoms with Crippen LogP contribution in [0, 0.1) is 13.8 Å². The molecule has 2 N–H and O–H groups in total. The Kier molecular flexibility index (Phi) is 4.65. The Balaban J connectivity index is 2.35. The molecule has 0 fully saturated rings. The van der Waals surface area contributed by atoms with Crippen LogP contribution in [0.15, 0.2) is 27.6 Å². The molecule has 0 radical (unpaired) electrons. The smallest absolute Gasteiger partial charge is 0.0739 e. The van der Waals surface area contributed by atoms with Gasteiger partial charge in [0.2, 0.25) is 0 Å². The Bertz CT molecular complexity index is 667. The van der Waals surface area contributed by atoms with E-state index >= 15 is 0 Å². The second-order valence-electron chi connectivity index (χ2n) is 4.68. The van der Waals surface area contributed by atoms with Gasteiger partial charge in [0.05, 0.1) is 32.4 Å². The zero-order chi connectivity index (χ0) is 14.9. The maximum atomic E-state index is 12.6. The van der Waals surface area contributed by atoms with Crippen molar-refractivity contribution in [2.45, 2.75) is 38.0 Å². The predicted molar refractivity (Wildman–Crippen MR) is 86.0 cm³/mol. The molecule has 4 nitrogen and oxygen atoms in total. The summed E-state index contributed by atoms with van der Waals surface area (Å²) in [6, 6.07) is 5.52. The first kappa shape index (κ1) is 15.3. The summed E-state index contributed by atoms with van der Waals surface area (Å²) in [6.07, 6.45) is 0. The van der Waals surface area contributed by atoms with Crippen molar-refractivity contribution in [1.29, 1.82) is 0 Å². The van der Waals surface area contributed by atoms with E-state index in [0.29, 0.717) is 11.4 Å². The number of rotatable bonds is 4. The predicted octanol–water partition coefficient (Wildman–Crippen LogP) is 3.17. The number of benzene rings is 1. The maximum Gasteiger partial charge on any atom is 0.0739 e. The van der Waals surface area contributed by atoms with Crippen molar-refractivity contribution in [2.24, 2.45) is 0 Å². The Hall–Kier alpha value is -1.14. The summed E-state index contributed by atoms with van der Waals surface area (Å²) in [7, 11) is -1.14. The lowest BCUT2D eigenvalue weighted by Gasteiger charge is -2.09. The van der Waals surface area contributed by atoms with E-state index in [1.807, 2.05) is 37.6 Å². The number of aryl methyl sites for hydroxylation is 3. The number of aromatic nitrogens is 2. The third-order valence-corrected chi connectivity index (χ3v) is 5.68. The van der Waals surface area contributed by atoms with Crippen molar-refractivity contribution >= 4 is 32.4 Å². The Morgan fingerprint density at radius 3 is 2.75 bits per heavy atom. The van der Waals surface area contributed by atoms with Crippen molar-refractivity contribution in [2.75, 3.05) is 5.73 Å². The average Bonchev–Trinajstić information content (AvgIpc) is 2.69. The first-order valence-corrected chi connectivity index (χ1v) is 8.51. The number of anilines is 1. The highest BCUT2D eigenvalue weighted by molar-refractivity contribution is 9.10. The summed E-state index contributed by atoms with van der Waals surface area (Å²) < 4.78 is 15.4. The molecule has 1 heterocycles. The number of nitrogens with zero attached hydrogens (tertiary/aromatic N) is 2. The molecule has 108 valence electrons. The van der Waals surface area contributed by atoms with Crippen LogP contribution in [-0.4, -0.2) is 14.0 Å². The lowest BCUT2D eigenvalue weighted by molar-refractivity contribution is 0.626. The topological polar surface area (TPSA) is 60.9 Å². The SMILES string of the molecule is CCn1nc(C)c(Br)c1CS(=O)c1cc(N)ccc1C. The van der Waals surface area contributed by atoms with Gasteiger partial charge in [0.1, 0.15) is 0 Å². The number of nitrogens with two attached hydrogens (primary N) is 1. The molecule has 2 aromatic rings. The number of nitrogen functional groups attached to an aromatic ring is 1. The van der Waals surface area contributed by atoms with Gasteiger partial charge in [-0.25, -0.2) is 0 Å². The lowest BCUT2D eigenvalue weighted by atomic mass is 10.2. The van der Waals surface area contributed by atoms with Crippen LogP contribution in [0.4, 0.5) is 5.69 Å². The van der Waals surface area contributed by atoms with E-state index in [9.17, 15) is 4.21 Å². The van der Waals surface area contributed by atoms with Crippen molar-refractivity contribution in [3.63, 3.8) is 0 Å². The maximum absolute atomic E-state index is 12.6. The van der Waals surface area contributed by atoms with E-state index in [0.717, 1.165) is 32.9 Å². The quantitative estimate of drug-likeness (QED) is 0.856. The molecule has 0 amide bonds. The molecular weight excluding hydrogens is 338 g/mol. The Labute approximate surface area is 130 Å². The molecule has 1 unspecified atom stereocenters. The molecule has 1 atom stereocenters. The number of halogens is 1. The zero-order valence-electron chi connectivity index (χ0n) is 11.8. The van der Waals surface area contributed by atoms with Gasteiger partial charge in [-0.1, -0.05) is 6.07 Å². The highest BCUT2D eigenvalue weighted by atomic mass is 79.9. The fourth-order valence-electron chi connectivity index (χ4n) is 2.07. The number of hydrogen-bond donors (Lipinski definition) is 1.